The molecule has 0 radical (unpaired) electrons. The van der Waals surface area contributed by atoms with Crippen LogP contribution in [0.25, 0.3) is 11.1 Å². The lowest BCUT2D eigenvalue weighted by Crippen LogP contribution is -2.00. The van der Waals surface area contributed by atoms with Gasteiger partial charge in [0, 0.05) is 11.1 Å². The van der Waals surface area contributed by atoms with Crippen molar-refractivity contribution in [3.8, 4) is 11.1 Å². The van der Waals surface area contributed by atoms with Gasteiger partial charge in [-0.05, 0) is 40.8 Å². The molecule has 0 amide bonds. The molecule has 2 aromatic rings. The summed E-state index contributed by atoms with van der Waals surface area (Å²) < 4.78 is 0. The highest BCUT2D eigenvalue weighted by molar-refractivity contribution is 6.31. The van der Waals surface area contributed by atoms with E-state index in [1.807, 2.05) is 24.3 Å². The molecule has 21 heavy (non-hydrogen) atoms. The first-order valence-corrected chi connectivity index (χ1v) is 7.65. The van der Waals surface area contributed by atoms with Crippen molar-refractivity contribution < 1.29 is 9.59 Å². The Hall–Kier alpha value is -1.64. The van der Waals surface area contributed by atoms with Crippen LogP contribution in [0, 0.1) is 0 Å². The van der Waals surface area contributed by atoms with Gasteiger partial charge in [-0.3, -0.25) is 9.59 Å². The molecular formula is C17H12Cl2O2. The molecule has 0 heterocycles. The van der Waals surface area contributed by atoms with Crippen molar-refractivity contribution in [2.45, 2.75) is 6.42 Å². The van der Waals surface area contributed by atoms with Crippen molar-refractivity contribution >= 4 is 34.8 Å². The van der Waals surface area contributed by atoms with E-state index >= 15 is 0 Å². The topological polar surface area (TPSA) is 34.1 Å². The Morgan fingerprint density at radius 1 is 0.810 bits per heavy atom. The fourth-order valence-electron chi connectivity index (χ4n) is 2.71. The second kappa shape index (κ2) is 5.63. The molecule has 4 heteroatoms. The van der Waals surface area contributed by atoms with Crippen LogP contribution in [0.3, 0.4) is 0 Å². The molecule has 2 aromatic carbocycles. The summed E-state index contributed by atoms with van der Waals surface area (Å²) in [7, 11) is 0. The molecule has 0 aliphatic heterocycles. The van der Waals surface area contributed by atoms with Crippen molar-refractivity contribution in [2.24, 2.45) is 0 Å². The zero-order valence-corrected chi connectivity index (χ0v) is 12.7. The van der Waals surface area contributed by atoms with Gasteiger partial charge in [-0.25, -0.2) is 0 Å². The number of fused-ring (bicyclic) bond motifs is 3. The van der Waals surface area contributed by atoms with E-state index in [4.69, 9.17) is 23.2 Å². The molecule has 3 rings (SSSR count). The van der Waals surface area contributed by atoms with Crippen molar-refractivity contribution in [1.82, 2.24) is 0 Å². The molecule has 0 aromatic heterocycles. The summed E-state index contributed by atoms with van der Waals surface area (Å²) in [5, 5.41) is 0. The second-order valence-corrected chi connectivity index (χ2v) is 5.57. The third-order valence-electron chi connectivity index (χ3n) is 3.77. The minimum atomic E-state index is -0.0755. The maximum atomic E-state index is 11.7. The summed E-state index contributed by atoms with van der Waals surface area (Å²) >= 11 is 11.2. The SMILES string of the molecule is O=C(CCl)c1ccc2c(c1)Cc1cc(C(=O)CCl)ccc1-2. The molecule has 0 saturated heterocycles. The standard InChI is InChI=1S/C17H12Cl2O2/c18-8-16(20)10-1-3-14-12(5-10)7-13-6-11(17(21)9-19)2-4-15(13)14/h1-6H,7-9H2. The normalized spacial score (nSPS) is 11.9. The fraction of sp³-hybridized carbons (Fsp3) is 0.176. The summed E-state index contributed by atoms with van der Waals surface area (Å²) in [6.45, 7) is 0. The number of carbonyl (C=O) groups excluding carboxylic acids is 2. The van der Waals surface area contributed by atoms with E-state index in [-0.39, 0.29) is 23.3 Å². The highest BCUT2D eigenvalue weighted by Crippen LogP contribution is 2.37. The van der Waals surface area contributed by atoms with Gasteiger partial charge in [-0.1, -0.05) is 24.3 Å². The van der Waals surface area contributed by atoms with E-state index in [1.165, 1.54) is 0 Å². The van der Waals surface area contributed by atoms with Crippen molar-refractivity contribution in [1.29, 1.82) is 0 Å². The Bertz CT molecular complexity index is 687. The van der Waals surface area contributed by atoms with Gasteiger partial charge in [0.1, 0.15) is 0 Å². The van der Waals surface area contributed by atoms with E-state index < -0.39 is 0 Å². The monoisotopic (exact) mass is 318 g/mol. The van der Waals surface area contributed by atoms with E-state index in [0.717, 1.165) is 28.7 Å². The Balaban J connectivity index is 2.01. The zero-order valence-electron chi connectivity index (χ0n) is 11.2. The molecule has 0 fully saturated rings. The summed E-state index contributed by atoms with van der Waals surface area (Å²) in [6, 6.07) is 11.3. The van der Waals surface area contributed by atoms with E-state index in [9.17, 15) is 9.59 Å². The number of alkyl halides is 2. The lowest BCUT2D eigenvalue weighted by atomic mass is 10.0. The Labute approximate surface area is 132 Å². The quantitative estimate of drug-likeness (QED) is 0.536. The first-order valence-electron chi connectivity index (χ1n) is 6.58. The fourth-order valence-corrected chi connectivity index (χ4v) is 3.02. The van der Waals surface area contributed by atoms with Crippen LogP contribution >= 0.6 is 23.2 Å². The highest BCUT2D eigenvalue weighted by atomic mass is 35.5. The van der Waals surface area contributed by atoms with Crippen LogP contribution in [0.5, 0.6) is 0 Å². The number of hydrogen-bond donors (Lipinski definition) is 0. The number of benzene rings is 2. The molecule has 0 atom stereocenters. The van der Waals surface area contributed by atoms with E-state index in [0.29, 0.717) is 11.1 Å². The summed E-state index contributed by atoms with van der Waals surface area (Å²) in [4.78, 5) is 23.4. The molecule has 1 aliphatic rings. The van der Waals surface area contributed by atoms with Gasteiger partial charge in [0.05, 0.1) is 11.8 Å². The van der Waals surface area contributed by atoms with Gasteiger partial charge in [-0.2, -0.15) is 0 Å². The second-order valence-electron chi connectivity index (χ2n) is 5.03. The number of carbonyl (C=O) groups is 2. The molecule has 1 aliphatic carbocycles. The van der Waals surface area contributed by atoms with Gasteiger partial charge in [0.15, 0.2) is 11.6 Å². The maximum Gasteiger partial charge on any atom is 0.177 e. The van der Waals surface area contributed by atoms with Crippen molar-refractivity contribution in [3.63, 3.8) is 0 Å². The van der Waals surface area contributed by atoms with Gasteiger partial charge in [-0.15, -0.1) is 23.2 Å². The number of rotatable bonds is 4. The molecule has 0 saturated carbocycles. The highest BCUT2D eigenvalue weighted by Gasteiger charge is 2.21. The minimum Gasteiger partial charge on any atom is -0.293 e. The van der Waals surface area contributed by atoms with Crippen molar-refractivity contribution in [2.75, 3.05) is 11.8 Å². The number of Topliss-reactive ketones (excluding diaryl/α,β-unsaturated/α-hetero) is 2. The van der Waals surface area contributed by atoms with Gasteiger partial charge in [0.25, 0.3) is 0 Å². The summed E-state index contributed by atoms with van der Waals surface area (Å²) in [5.41, 5.74) is 5.68. The lowest BCUT2D eigenvalue weighted by Gasteiger charge is -2.04. The van der Waals surface area contributed by atoms with Crippen LogP contribution < -0.4 is 0 Å². The molecule has 0 spiro atoms. The van der Waals surface area contributed by atoms with Crippen LogP contribution in [0.4, 0.5) is 0 Å². The average molecular weight is 319 g/mol. The molecule has 0 N–H and O–H groups in total. The van der Waals surface area contributed by atoms with Crippen molar-refractivity contribution in [3.05, 3.63) is 58.7 Å². The Morgan fingerprint density at radius 3 is 1.62 bits per heavy atom. The van der Waals surface area contributed by atoms with Crippen LogP contribution in [-0.2, 0) is 6.42 Å². The number of halogens is 2. The summed E-state index contributed by atoms with van der Waals surface area (Å²) in [5.74, 6) is -0.179. The third-order valence-corrected chi connectivity index (χ3v) is 4.25. The predicted octanol–water partition coefficient (Wildman–Crippen LogP) is 4.10. The third kappa shape index (κ3) is 2.50. The van der Waals surface area contributed by atoms with Gasteiger partial charge < -0.3 is 0 Å². The smallest absolute Gasteiger partial charge is 0.177 e. The molecule has 0 unspecified atom stereocenters. The number of ketones is 2. The van der Waals surface area contributed by atoms with Crippen LogP contribution in [0.1, 0.15) is 31.8 Å². The van der Waals surface area contributed by atoms with E-state index in [2.05, 4.69) is 0 Å². The molecular weight excluding hydrogens is 307 g/mol. The molecule has 106 valence electrons. The largest absolute Gasteiger partial charge is 0.293 e. The van der Waals surface area contributed by atoms with Crippen LogP contribution in [-0.4, -0.2) is 23.3 Å². The first-order chi connectivity index (χ1) is 10.1. The number of hydrogen-bond acceptors (Lipinski definition) is 2. The van der Waals surface area contributed by atoms with Gasteiger partial charge >= 0.3 is 0 Å². The lowest BCUT2D eigenvalue weighted by molar-refractivity contribution is 0.101. The predicted molar refractivity (Wildman–Crippen MR) is 84.8 cm³/mol. The van der Waals surface area contributed by atoms with Crippen LogP contribution in [0.15, 0.2) is 36.4 Å². The Morgan fingerprint density at radius 2 is 1.24 bits per heavy atom. The maximum absolute atomic E-state index is 11.7. The van der Waals surface area contributed by atoms with E-state index in [1.54, 1.807) is 12.1 Å². The molecule has 0 bridgehead atoms. The molecule has 2 nitrogen and oxygen atoms in total. The zero-order chi connectivity index (χ0) is 15.0. The average Bonchev–Trinajstić information content (AvgIpc) is 2.89. The Kier molecular flexibility index (Phi) is 3.83. The summed E-state index contributed by atoms with van der Waals surface area (Å²) in [6.07, 6.45) is 0.720. The first kappa shape index (κ1) is 14.3. The minimum absolute atomic E-state index is 0.0138. The van der Waals surface area contributed by atoms with Crippen LogP contribution in [0.2, 0.25) is 0 Å². The van der Waals surface area contributed by atoms with Gasteiger partial charge in [0.2, 0.25) is 0 Å².